The van der Waals surface area contributed by atoms with Crippen LogP contribution in [0.1, 0.15) is 28.0 Å². The summed E-state index contributed by atoms with van der Waals surface area (Å²) in [5, 5.41) is 12.1. The van der Waals surface area contributed by atoms with E-state index in [1.54, 1.807) is 29.2 Å². The van der Waals surface area contributed by atoms with Crippen LogP contribution >= 0.6 is 0 Å². The van der Waals surface area contributed by atoms with Gasteiger partial charge in [0.2, 0.25) is 0 Å². The molecule has 0 bridgehead atoms. The van der Waals surface area contributed by atoms with Crippen LogP contribution in [-0.4, -0.2) is 22.4 Å². The minimum atomic E-state index is -0.140. The van der Waals surface area contributed by atoms with Gasteiger partial charge in [0.1, 0.15) is 17.8 Å². The van der Waals surface area contributed by atoms with Crippen molar-refractivity contribution in [2.75, 3.05) is 16.8 Å². The Kier molecular flexibility index (Phi) is 4.50. The molecule has 1 aliphatic heterocycles. The molecule has 0 fully saturated rings. The van der Waals surface area contributed by atoms with E-state index >= 15 is 0 Å². The van der Waals surface area contributed by atoms with Crippen molar-refractivity contribution in [3.63, 3.8) is 0 Å². The van der Waals surface area contributed by atoms with Crippen LogP contribution in [0.5, 0.6) is 0 Å². The average molecular weight is 355 g/mol. The maximum atomic E-state index is 13.0. The number of para-hydroxylation sites is 1. The van der Waals surface area contributed by atoms with Gasteiger partial charge >= 0.3 is 0 Å². The molecule has 3 aromatic rings. The molecule has 0 saturated carbocycles. The maximum Gasteiger partial charge on any atom is 0.277 e. The number of nitriles is 1. The molecular formula is C21H17N5O. The number of nitrogens with zero attached hydrogens (tertiary/aromatic N) is 4. The van der Waals surface area contributed by atoms with Crippen LogP contribution in [0, 0.1) is 11.3 Å². The lowest BCUT2D eigenvalue weighted by atomic mass is 10.0. The van der Waals surface area contributed by atoms with Gasteiger partial charge in [0.05, 0.1) is 11.6 Å². The number of fused-ring (bicyclic) bond motifs is 1. The van der Waals surface area contributed by atoms with E-state index < -0.39 is 0 Å². The minimum Gasteiger partial charge on any atom is -0.340 e. The molecule has 1 N–H and O–H groups in total. The highest BCUT2D eigenvalue weighted by molar-refractivity contribution is 6.05. The molecule has 1 aromatic heterocycles. The van der Waals surface area contributed by atoms with Gasteiger partial charge in [-0.1, -0.05) is 24.3 Å². The lowest BCUT2D eigenvalue weighted by Crippen LogP contribution is -2.36. The number of benzene rings is 2. The van der Waals surface area contributed by atoms with Crippen LogP contribution < -0.4 is 10.2 Å². The van der Waals surface area contributed by atoms with Gasteiger partial charge in [-0.05, 0) is 42.7 Å². The molecule has 2 heterocycles. The van der Waals surface area contributed by atoms with Gasteiger partial charge in [0, 0.05) is 24.0 Å². The summed E-state index contributed by atoms with van der Waals surface area (Å²) in [6.07, 6.45) is 3.28. The predicted octanol–water partition coefficient (Wildman–Crippen LogP) is 3.68. The molecule has 6 nitrogen and oxygen atoms in total. The number of rotatable bonds is 3. The van der Waals surface area contributed by atoms with Crippen molar-refractivity contribution < 1.29 is 4.79 Å². The number of hydrogen-bond donors (Lipinski definition) is 1. The largest absolute Gasteiger partial charge is 0.340 e. The summed E-state index contributed by atoms with van der Waals surface area (Å²) in [7, 11) is 0. The van der Waals surface area contributed by atoms with Crippen molar-refractivity contribution in [1.82, 2.24) is 9.97 Å². The summed E-state index contributed by atoms with van der Waals surface area (Å²) in [6, 6.07) is 18.8. The van der Waals surface area contributed by atoms with E-state index in [2.05, 4.69) is 27.4 Å². The van der Waals surface area contributed by atoms with Crippen molar-refractivity contribution in [2.45, 2.75) is 12.8 Å². The molecule has 6 heteroatoms. The van der Waals surface area contributed by atoms with Gasteiger partial charge in [-0.2, -0.15) is 5.26 Å². The third kappa shape index (κ3) is 3.48. The zero-order chi connectivity index (χ0) is 18.6. The van der Waals surface area contributed by atoms with Crippen LogP contribution in [-0.2, 0) is 6.42 Å². The fourth-order valence-corrected chi connectivity index (χ4v) is 3.24. The third-order valence-corrected chi connectivity index (χ3v) is 4.51. The first-order chi connectivity index (χ1) is 13.2. The van der Waals surface area contributed by atoms with Crippen molar-refractivity contribution >= 4 is 23.1 Å². The number of carbonyl (C=O) groups is 1. The molecule has 0 atom stereocenters. The van der Waals surface area contributed by atoms with Crippen molar-refractivity contribution in [2.24, 2.45) is 0 Å². The Morgan fingerprint density at radius 3 is 2.89 bits per heavy atom. The number of nitrogens with one attached hydrogen (secondary N) is 1. The van der Waals surface area contributed by atoms with Crippen LogP contribution in [0.4, 0.5) is 17.2 Å². The van der Waals surface area contributed by atoms with Gasteiger partial charge in [0.25, 0.3) is 5.91 Å². The maximum absolute atomic E-state index is 13.0. The summed E-state index contributed by atoms with van der Waals surface area (Å²) in [4.78, 5) is 23.2. The summed E-state index contributed by atoms with van der Waals surface area (Å²) < 4.78 is 0. The second-order valence-electron chi connectivity index (χ2n) is 6.30. The van der Waals surface area contributed by atoms with Gasteiger partial charge < -0.3 is 10.2 Å². The molecule has 132 valence electrons. The van der Waals surface area contributed by atoms with Gasteiger partial charge in [0.15, 0.2) is 0 Å². The first-order valence-electron chi connectivity index (χ1n) is 8.73. The monoisotopic (exact) mass is 355 g/mol. The normalized spacial score (nSPS) is 12.8. The Morgan fingerprint density at radius 1 is 1.11 bits per heavy atom. The molecule has 1 amide bonds. The number of amides is 1. The molecule has 0 radical (unpaired) electrons. The second kappa shape index (κ2) is 7.26. The quantitative estimate of drug-likeness (QED) is 0.775. The van der Waals surface area contributed by atoms with Crippen LogP contribution in [0.15, 0.2) is 60.9 Å². The van der Waals surface area contributed by atoms with E-state index in [9.17, 15) is 4.79 Å². The number of hydrogen-bond acceptors (Lipinski definition) is 5. The molecule has 0 spiro atoms. The van der Waals surface area contributed by atoms with Crippen molar-refractivity contribution in [1.29, 1.82) is 5.26 Å². The molecule has 1 aliphatic rings. The average Bonchev–Trinajstić information content (AvgIpc) is 2.73. The molecule has 0 saturated heterocycles. The number of carbonyl (C=O) groups excluding carboxylic acids is 1. The van der Waals surface area contributed by atoms with Gasteiger partial charge in [-0.15, -0.1) is 0 Å². The molecule has 2 aromatic carbocycles. The number of aromatic nitrogens is 2. The van der Waals surface area contributed by atoms with E-state index in [1.807, 2.05) is 24.3 Å². The van der Waals surface area contributed by atoms with Gasteiger partial charge in [-0.25, -0.2) is 9.97 Å². The highest BCUT2D eigenvalue weighted by Gasteiger charge is 2.24. The summed E-state index contributed by atoms with van der Waals surface area (Å²) >= 11 is 0. The molecule has 27 heavy (non-hydrogen) atoms. The molecule has 0 unspecified atom stereocenters. The van der Waals surface area contributed by atoms with E-state index in [0.717, 1.165) is 24.2 Å². The Labute approximate surface area is 157 Å². The summed E-state index contributed by atoms with van der Waals surface area (Å²) in [5.41, 5.74) is 3.74. The Hall–Kier alpha value is -3.72. The Balaban J connectivity index is 1.59. The van der Waals surface area contributed by atoms with Crippen LogP contribution in [0.25, 0.3) is 0 Å². The number of anilines is 3. The Bertz CT molecular complexity index is 1040. The minimum absolute atomic E-state index is 0.140. The van der Waals surface area contributed by atoms with E-state index in [4.69, 9.17) is 5.26 Å². The van der Waals surface area contributed by atoms with Gasteiger partial charge in [-0.3, -0.25) is 4.79 Å². The highest BCUT2D eigenvalue weighted by Crippen LogP contribution is 2.28. The summed E-state index contributed by atoms with van der Waals surface area (Å²) in [6.45, 7) is 0.673. The molecule has 4 rings (SSSR count). The topological polar surface area (TPSA) is 81.9 Å². The van der Waals surface area contributed by atoms with E-state index in [1.165, 1.54) is 11.9 Å². The molecular weight excluding hydrogens is 338 g/mol. The van der Waals surface area contributed by atoms with Crippen LogP contribution in [0.3, 0.4) is 0 Å². The van der Waals surface area contributed by atoms with Crippen molar-refractivity contribution in [3.8, 4) is 6.07 Å². The smallest absolute Gasteiger partial charge is 0.277 e. The van der Waals surface area contributed by atoms with Crippen molar-refractivity contribution in [3.05, 3.63) is 77.7 Å². The SMILES string of the molecule is N#Cc1cccc(Nc2cc(C(=O)N3CCCc4ccccc43)ncn2)c1. The standard InChI is InChI=1S/C21H17N5O/c22-13-15-5-3-8-17(11-15)25-20-12-18(23-14-24-20)21(27)26-10-4-7-16-6-1-2-9-19(16)26/h1-3,5-6,8-9,11-12,14H,4,7,10H2,(H,23,24,25). The fraction of sp³-hybridized carbons (Fsp3) is 0.143. The number of aryl methyl sites for hydroxylation is 1. The van der Waals surface area contributed by atoms with E-state index in [-0.39, 0.29) is 5.91 Å². The fourth-order valence-electron chi connectivity index (χ4n) is 3.24. The van der Waals surface area contributed by atoms with Crippen LogP contribution in [0.2, 0.25) is 0 Å². The zero-order valence-corrected chi connectivity index (χ0v) is 14.6. The second-order valence-corrected chi connectivity index (χ2v) is 6.30. The molecule has 0 aliphatic carbocycles. The lowest BCUT2D eigenvalue weighted by molar-refractivity contribution is 0.0980. The zero-order valence-electron chi connectivity index (χ0n) is 14.6. The lowest BCUT2D eigenvalue weighted by Gasteiger charge is -2.29. The first kappa shape index (κ1) is 16.7. The van der Waals surface area contributed by atoms with E-state index in [0.29, 0.717) is 23.6 Å². The third-order valence-electron chi connectivity index (χ3n) is 4.51. The summed E-state index contributed by atoms with van der Waals surface area (Å²) in [5.74, 6) is 0.368. The highest BCUT2D eigenvalue weighted by atomic mass is 16.2. The predicted molar refractivity (Wildman–Crippen MR) is 103 cm³/mol. The Morgan fingerprint density at radius 2 is 2.00 bits per heavy atom. The first-order valence-corrected chi connectivity index (χ1v) is 8.73.